The molecule has 2 aromatic rings. The molecule has 0 saturated carbocycles. The molecule has 4 atom stereocenters. The lowest BCUT2D eigenvalue weighted by atomic mass is 10.1. The summed E-state index contributed by atoms with van der Waals surface area (Å²) in [5.41, 5.74) is 6.66. The van der Waals surface area contributed by atoms with Crippen LogP contribution in [-0.4, -0.2) is 54.8 Å². The summed E-state index contributed by atoms with van der Waals surface area (Å²) in [6.07, 6.45) is 4.05. The highest BCUT2D eigenvalue weighted by molar-refractivity contribution is 5.92. The maximum Gasteiger partial charge on any atom is 0.164 e. The van der Waals surface area contributed by atoms with E-state index in [0.717, 1.165) is 0 Å². The van der Waals surface area contributed by atoms with Gasteiger partial charge in [-0.05, 0) is 0 Å². The topological polar surface area (TPSA) is 127 Å². The fraction of sp³-hybridized carbons (Fsp3) is 0.385. The molecular formula is C13H14N4O4. The number of terminal acetylenes is 1. The summed E-state index contributed by atoms with van der Waals surface area (Å²) >= 11 is 0. The minimum atomic E-state index is -1.22. The summed E-state index contributed by atoms with van der Waals surface area (Å²) in [7, 11) is 0. The van der Waals surface area contributed by atoms with Crippen molar-refractivity contribution >= 4 is 16.9 Å². The van der Waals surface area contributed by atoms with Gasteiger partial charge in [-0.2, -0.15) is 0 Å². The summed E-state index contributed by atoms with van der Waals surface area (Å²) in [4.78, 5) is 7.99. The number of hydrogen-bond donors (Lipinski definition) is 4. The fourth-order valence-electron chi connectivity index (χ4n) is 2.52. The van der Waals surface area contributed by atoms with Crippen LogP contribution in [0.2, 0.25) is 0 Å². The van der Waals surface area contributed by atoms with Crippen molar-refractivity contribution in [1.82, 2.24) is 14.5 Å². The Hall–Kier alpha value is -2.18. The average Bonchev–Trinajstić information content (AvgIpc) is 2.99. The van der Waals surface area contributed by atoms with Crippen LogP contribution in [0.4, 0.5) is 5.82 Å². The maximum atomic E-state index is 10.1. The van der Waals surface area contributed by atoms with Gasteiger partial charge in [0.15, 0.2) is 6.23 Å². The van der Waals surface area contributed by atoms with Gasteiger partial charge >= 0.3 is 0 Å². The van der Waals surface area contributed by atoms with E-state index < -0.39 is 31.1 Å². The van der Waals surface area contributed by atoms with Gasteiger partial charge in [0.1, 0.15) is 36.1 Å². The number of ether oxygens (including phenoxy) is 1. The highest BCUT2D eigenvalue weighted by Crippen LogP contribution is 2.34. The van der Waals surface area contributed by atoms with Crippen LogP contribution in [0.5, 0.6) is 0 Å². The van der Waals surface area contributed by atoms with Gasteiger partial charge in [0.25, 0.3) is 0 Å². The van der Waals surface area contributed by atoms with Gasteiger partial charge in [0.2, 0.25) is 0 Å². The predicted molar refractivity (Wildman–Crippen MR) is 72.9 cm³/mol. The molecular weight excluding hydrogens is 276 g/mol. The summed E-state index contributed by atoms with van der Waals surface area (Å²) < 4.78 is 6.96. The maximum absolute atomic E-state index is 10.1. The lowest BCUT2D eigenvalue weighted by molar-refractivity contribution is -0.0508. The molecule has 3 rings (SSSR count). The number of hydrogen-bond acceptors (Lipinski definition) is 7. The molecule has 2 aromatic heterocycles. The largest absolute Gasteiger partial charge is 0.394 e. The van der Waals surface area contributed by atoms with Crippen molar-refractivity contribution in [3.63, 3.8) is 0 Å². The van der Waals surface area contributed by atoms with E-state index >= 15 is 0 Å². The molecule has 1 aliphatic rings. The van der Waals surface area contributed by atoms with Crippen molar-refractivity contribution in [1.29, 1.82) is 0 Å². The number of rotatable bonds is 2. The molecule has 1 aliphatic heterocycles. The quantitative estimate of drug-likeness (QED) is 0.501. The van der Waals surface area contributed by atoms with Crippen molar-refractivity contribution in [3.8, 4) is 12.3 Å². The van der Waals surface area contributed by atoms with Gasteiger partial charge in [-0.3, -0.25) is 0 Å². The van der Waals surface area contributed by atoms with Crippen LogP contribution in [0.15, 0.2) is 12.5 Å². The third-order valence-corrected chi connectivity index (χ3v) is 3.59. The number of aliphatic hydroxyl groups is 3. The zero-order chi connectivity index (χ0) is 15.1. The van der Waals surface area contributed by atoms with Gasteiger partial charge in [-0.15, -0.1) is 6.42 Å². The normalized spacial score (nSPS) is 28.9. The van der Waals surface area contributed by atoms with E-state index in [9.17, 15) is 10.2 Å². The second kappa shape index (κ2) is 4.98. The number of nitrogen functional groups attached to an aromatic ring is 1. The van der Waals surface area contributed by atoms with Gasteiger partial charge in [0, 0.05) is 6.20 Å². The first-order valence-electron chi connectivity index (χ1n) is 6.28. The average molecular weight is 290 g/mol. The molecule has 1 fully saturated rings. The highest BCUT2D eigenvalue weighted by Gasteiger charge is 2.44. The minimum Gasteiger partial charge on any atom is -0.394 e. The van der Waals surface area contributed by atoms with Gasteiger partial charge in [0.05, 0.1) is 17.6 Å². The SMILES string of the molecule is C#Cc1cn([C@@H]2O[C@H](CO)C(O)C2O)c2ncnc(N)c12. The number of fused-ring (bicyclic) bond motifs is 1. The first kappa shape index (κ1) is 13.8. The van der Waals surface area contributed by atoms with E-state index in [-0.39, 0.29) is 5.82 Å². The standard InChI is InChI=1S/C13H14N4O4/c1-2-6-3-17(12-8(6)11(14)15-5-16-12)13-10(20)9(19)7(4-18)21-13/h1,3,5,7,9-10,13,18-20H,4H2,(H2,14,15,16)/t7-,9?,10?,13-/m1/s1. The molecule has 21 heavy (non-hydrogen) atoms. The summed E-state index contributed by atoms with van der Waals surface area (Å²) in [5, 5.41) is 29.6. The predicted octanol–water partition coefficient (Wildman–Crippen LogP) is -1.39. The second-order valence-corrected chi connectivity index (χ2v) is 4.78. The van der Waals surface area contributed by atoms with Gasteiger partial charge in [-0.25, -0.2) is 9.97 Å². The van der Waals surface area contributed by atoms with Crippen LogP contribution < -0.4 is 5.73 Å². The fourth-order valence-corrected chi connectivity index (χ4v) is 2.52. The Bertz CT molecular complexity index is 723. The molecule has 110 valence electrons. The Kier molecular flexibility index (Phi) is 3.27. The number of nitrogens with two attached hydrogens (primary N) is 1. The molecule has 0 aromatic carbocycles. The van der Waals surface area contributed by atoms with Crippen molar-refractivity contribution < 1.29 is 20.1 Å². The molecule has 0 aliphatic carbocycles. The van der Waals surface area contributed by atoms with Crippen LogP contribution in [0.25, 0.3) is 11.0 Å². The molecule has 8 heteroatoms. The van der Waals surface area contributed by atoms with Crippen LogP contribution in [0.3, 0.4) is 0 Å². The Labute approximate surface area is 119 Å². The number of nitrogens with zero attached hydrogens (tertiary/aromatic N) is 3. The molecule has 3 heterocycles. The zero-order valence-corrected chi connectivity index (χ0v) is 10.9. The molecule has 0 spiro atoms. The van der Waals surface area contributed by atoms with Crippen molar-refractivity contribution in [2.45, 2.75) is 24.5 Å². The van der Waals surface area contributed by atoms with Gasteiger partial charge < -0.3 is 30.4 Å². The van der Waals surface area contributed by atoms with E-state index in [2.05, 4.69) is 15.9 Å². The summed E-state index contributed by atoms with van der Waals surface area (Å²) in [6, 6.07) is 0. The molecule has 0 radical (unpaired) electrons. The third kappa shape index (κ3) is 1.95. The first-order chi connectivity index (χ1) is 10.1. The Morgan fingerprint density at radius 1 is 1.38 bits per heavy atom. The molecule has 2 unspecified atom stereocenters. The lowest BCUT2D eigenvalue weighted by Crippen LogP contribution is -2.33. The Balaban J connectivity index is 2.14. The van der Waals surface area contributed by atoms with E-state index in [1.807, 2.05) is 0 Å². The van der Waals surface area contributed by atoms with E-state index in [1.54, 1.807) is 6.20 Å². The van der Waals surface area contributed by atoms with Gasteiger partial charge in [-0.1, -0.05) is 5.92 Å². The number of anilines is 1. The molecule has 0 bridgehead atoms. The van der Waals surface area contributed by atoms with Crippen molar-refractivity contribution in [3.05, 3.63) is 18.1 Å². The molecule has 8 nitrogen and oxygen atoms in total. The minimum absolute atomic E-state index is 0.221. The molecule has 1 saturated heterocycles. The Morgan fingerprint density at radius 2 is 2.14 bits per heavy atom. The summed E-state index contributed by atoms with van der Waals surface area (Å²) in [6.45, 7) is -0.410. The monoisotopic (exact) mass is 290 g/mol. The lowest BCUT2D eigenvalue weighted by Gasteiger charge is -2.17. The highest BCUT2D eigenvalue weighted by atomic mass is 16.6. The molecule has 5 N–H and O–H groups in total. The van der Waals surface area contributed by atoms with Crippen molar-refractivity contribution in [2.24, 2.45) is 0 Å². The van der Waals surface area contributed by atoms with Crippen molar-refractivity contribution in [2.75, 3.05) is 12.3 Å². The van der Waals surface area contributed by atoms with Crippen LogP contribution in [-0.2, 0) is 4.74 Å². The smallest absolute Gasteiger partial charge is 0.164 e. The van der Waals surface area contributed by atoms with E-state index in [0.29, 0.717) is 16.6 Å². The first-order valence-corrected chi connectivity index (χ1v) is 6.28. The molecule has 0 amide bonds. The van der Waals surface area contributed by atoms with Crippen LogP contribution >= 0.6 is 0 Å². The van der Waals surface area contributed by atoms with Crippen LogP contribution in [0.1, 0.15) is 11.8 Å². The third-order valence-electron chi connectivity index (χ3n) is 3.59. The zero-order valence-electron chi connectivity index (χ0n) is 10.9. The summed E-state index contributed by atoms with van der Waals surface area (Å²) in [5.74, 6) is 2.70. The van der Waals surface area contributed by atoms with E-state index in [1.165, 1.54) is 10.9 Å². The van der Waals surface area contributed by atoms with Crippen LogP contribution in [0, 0.1) is 12.3 Å². The Morgan fingerprint density at radius 3 is 2.76 bits per heavy atom. The van der Waals surface area contributed by atoms with E-state index in [4.69, 9.17) is 22.0 Å². The number of aromatic nitrogens is 3. The second-order valence-electron chi connectivity index (χ2n) is 4.78. The number of aliphatic hydroxyl groups excluding tert-OH is 3.